The molecule has 3 rings (SSSR count). The third-order valence-electron chi connectivity index (χ3n) is 7.61. The van der Waals surface area contributed by atoms with E-state index in [4.69, 9.17) is 0 Å². The molecule has 3 fully saturated rings. The van der Waals surface area contributed by atoms with Crippen molar-refractivity contribution in [1.29, 1.82) is 0 Å². The summed E-state index contributed by atoms with van der Waals surface area (Å²) in [7, 11) is 0. The molecule has 0 amide bonds. The molecule has 18 heavy (non-hydrogen) atoms. The van der Waals surface area contributed by atoms with Gasteiger partial charge in [0, 0.05) is 12.6 Å². The van der Waals surface area contributed by atoms with Crippen LogP contribution in [0.1, 0.15) is 67.2 Å². The molecule has 3 unspecified atom stereocenters. The highest BCUT2D eigenvalue weighted by Crippen LogP contribution is 2.90. The lowest BCUT2D eigenvalue weighted by Gasteiger charge is -2.53. The molecule has 0 aromatic rings. The lowest BCUT2D eigenvalue weighted by molar-refractivity contribution is -0.0221. The Kier molecular flexibility index (Phi) is 2.41. The Morgan fingerprint density at radius 2 is 1.83 bits per heavy atom. The number of hydrogen-bond acceptors (Lipinski definition) is 1. The van der Waals surface area contributed by atoms with E-state index in [1.165, 1.54) is 32.2 Å². The van der Waals surface area contributed by atoms with E-state index in [-0.39, 0.29) is 0 Å². The van der Waals surface area contributed by atoms with Gasteiger partial charge >= 0.3 is 0 Å². The Labute approximate surface area is 113 Å². The van der Waals surface area contributed by atoms with Crippen LogP contribution in [0.25, 0.3) is 0 Å². The molecule has 0 heterocycles. The third-order valence-corrected chi connectivity index (χ3v) is 7.61. The second-order valence-corrected chi connectivity index (χ2v) is 8.85. The van der Waals surface area contributed by atoms with Gasteiger partial charge in [-0.15, -0.1) is 0 Å². The molecule has 3 aliphatic carbocycles. The molecule has 104 valence electrons. The largest absolute Gasteiger partial charge is 0.313 e. The maximum Gasteiger partial charge on any atom is 0.0130 e. The van der Waals surface area contributed by atoms with Crippen LogP contribution < -0.4 is 5.32 Å². The van der Waals surface area contributed by atoms with Gasteiger partial charge in [0.25, 0.3) is 0 Å². The van der Waals surface area contributed by atoms with Gasteiger partial charge in [-0.25, -0.2) is 0 Å². The van der Waals surface area contributed by atoms with Crippen LogP contribution in [0, 0.1) is 27.6 Å². The van der Waals surface area contributed by atoms with E-state index in [1.54, 1.807) is 0 Å². The van der Waals surface area contributed by atoms with Crippen molar-refractivity contribution >= 4 is 0 Å². The van der Waals surface area contributed by atoms with E-state index in [0.29, 0.717) is 21.7 Å². The summed E-state index contributed by atoms with van der Waals surface area (Å²) < 4.78 is 0. The summed E-state index contributed by atoms with van der Waals surface area (Å²) in [5.41, 5.74) is 2.41. The number of nitrogens with one attached hydrogen (secondary N) is 1. The average Bonchev–Trinajstić information content (AvgIpc) is 2.73. The topological polar surface area (TPSA) is 12.0 Å². The first-order valence-corrected chi connectivity index (χ1v) is 7.95. The van der Waals surface area contributed by atoms with Crippen molar-refractivity contribution in [3.05, 3.63) is 0 Å². The molecule has 0 bridgehead atoms. The van der Waals surface area contributed by atoms with Gasteiger partial charge in [0.2, 0.25) is 0 Å². The van der Waals surface area contributed by atoms with E-state index in [2.05, 4.69) is 46.9 Å². The highest BCUT2D eigenvalue weighted by molar-refractivity contribution is 5.35. The van der Waals surface area contributed by atoms with Crippen LogP contribution in [0.5, 0.6) is 0 Å². The maximum atomic E-state index is 3.94. The van der Waals surface area contributed by atoms with E-state index in [1.807, 2.05) is 0 Å². The monoisotopic (exact) mass is 249 g/mol. The first kappa shape index (κ1) is 13.0. The second-order valence-electron chi connectivity index (χ2n) is 8.85. The van der Waals surface area contributed by atoms with Crippen molar-refractivity contribution in [3.63, 3.8) is 0 Å². The van der Waals surface area contributed by atoms with Crippen LogP contribution in [0.15, 0.2) is 0 Å². The third kappa shape index (κ3) is 1.23. The van der Waals surface area contributed by atoms with Crippen molar-refractivity contribution < 1.29 is 0 Å². The predicted octanol–water partition coefficient (Wildman–Crippen LogP) is 4.23. The molecule has 0 aromatic heterocycles. The minimum Gasteiger partial charge on any atom is -0.313 e. The van der Waals surface area contributed by atoms with Crippen LogP contribution in [0.2, 0.25) is 0 Å². The molecule has 0 aliphatic heterocycles. The number of hydrogen-bond donors (Lipinski definition) is 1. The second kappa shape index (κ2) is 3.34. The molecular weight excluding hydrogens is 218 g/mol. The molecule has 0 aromatic carbocycles. The SMILES string of the molecule is CCC(C)(C)CN[C@@H]1CC2C(C)(C)C23CCC13C. The minimum atomic E-state index is 0.454. The average molecular weight is 249 g/mol. The Hall–Kier alpha value is -0.0400. The van der Waals surface area contributed by atoms with Crippen molar-refractivity contribution in [2.24, 2.45) is 27.6 Å². The fourth-order valence-corrected chi connectivity index (χ4v) is 5.70. The molecular formula is C17H31N. The first-order chi connectivity index (χ1) is 8.21. The molecule has 3 aliphatic rings. The van der Waals surface area contributed by atoms with Gasteiger partial charge in [-0.1, -0.05) is 41.5 Å². The molecule has 4 atom stereocenters. The molecule has 1 heteroatoms. The summed E-state index contributed by atoms with van der Waals surface area (Å²) in [4.78, 5) is 0. The van der Waals surface area contributed by atoms with Gasteiger partial charge < -0.3 is 5.32 Å². The zero-order chi connectivity index (χ0) is 13.4. The molecule has 0 saturated heterocycles. The Balaban J connectivity index is 1.69. The van der Waals surface area contributed by atoms with Gasteiger partial charge in [0.15, 0.2) is 0 Å². The molecule has 3 saturated carbocycles. The van der Waals surface area contributed by atoms with Crippen LogP contribution in [0.4, 0.5) is 0 Å². The maximum absolute atomic E-state index is 3.94. The van der Waals surface area contributed by atoms with Crippen molar-refractivity contribution in [3.8, 4) is 0 Å². The highest BCUT2D eigenvalue weighted by Gasteiger charge is 2.86. The van der Waals surface area contributed by atoms with Crippen LogP contribution in [0.3, 0.4) is 0 Å². The van der Waals surface area contributed by atoms with E-state index in [9.17, 15) is 0 Å². The summed E-state index contributed by atoms with van der Waals surface area (Å²) in [5, 5.41) is 3.94. The Morgan fingerprint density at radius 3 is 2.28 bits per heavy atom. The van der Waals surface area contributed by atoms with Crippen molar-refractivity contribution in [2.45, 2.75) is 73.3 Å². The van der Waals surface area contributed by atoms with Crippen LogP contribution in [-0.2, 0) is 0 Å². The van der Waals surface area contributed by atoms with Gasteiger partial charge in [0.05, 0.1) is 0 Å². The Morgan fingerprint density at radius 1 is 1.17 bits per heavy atom. The zero-order valence-electron chi connectivity index (χ0n) is 13.2. The van der Waals surface area contributed by atoms with Crippen LogP contribution in [-0.4, -0.2) is 12.6 Å². The molecule has 1 nitrogen and oxygen atoms in total. The van der Waals surface area contributed by atoms with E-state index >= 15 is 0 Å². The summed E-state index contributed by atoms with van der Waals surface area (Å²) in [5.74, 6) is 1.01. The molecule has 0 radical (unpaired) electrons. The normalized spacial score (nSPS) is 48.3. The standard InChI is InChI=1S/C17H31N/c1-7-14(2,3)11-18-13-10-12-15(4,5)17(12)9-8-16(13,17)6/h12-13,18H,7-11H2,1-6H3/t12?,13-,16?,17?/m1/s1. The fourth-order valence-electron chi connectivity index (χ4n) is 5.70. The summed E-state index contributed by atoms with van der Waals surface area (Å²) in [6.07, 6.45) is 5.65. The lowest BCUT2D eigenvalue weighted by Crippen LogP contribution is -2.54. The van der Waals surface area contributed by atoms with Crippen LogP contribution >= 0.6 is 0 Å². The van der Waals surface area contributed by atoms with Crippen molar-refractivity contribution in [1.82, 2.24) is 5.32 Å². The molecule has 1 N–H and O–H groups in total. The number of rotatable bonds is 4. The predicted molar refractivity (Wildman–Crippen MR) is 77.5 cm³/mol. The molecule has 1 spiro atoms. The highest BCUT2D eigenvalue weighted by atomic mass is 15.0. The first-order valence-electron chi connectivity index (χ1n) is 7.95. The summed E-state index contributed by atoms with van der Waals surface area (Å²) >= 11 is 0. The smallest absolute Gasteiger partial charge is 0.0130 e. The van der Waals surface area contributed by atoms with E-state index < -0.39 is 0 Å². The van der Waals surface area contributed by atoms with Gasteiger partial charge in [0.1, 0.15) is 0 Å². The quantitative estimate of drug-likeness (QED) is 0.786. The van der Waals surface area contributed by atoms with Crippen molar-refractivity contribution in [2.75, 3.05) is 6.54 Å². The van der Waals surface area contributed by atoms with Gasteiger partial charge in [-0.3, -0.25) is 0 Å². The summed E-state index contributed by atoms with van der Waals surface area (Å²) in [6, 6.07) is 0.787. The summed E-state index contributed by atoms with van der Waals surface area (Å²) in [6.45, 7) is 15.9. The minimum absolute atomic E-state index is 0.454. The zero-order valence-corrected chi connectivity index (χ0v) is 13.2. The Bertz CT molecular complexity index is 370. The van der Waals surface area contributed by atoms with Gasteiger partial charge in [-0.05, 0) is 53.3 Å². The van der Waals surface area contributed by atoms with E-state index in [0.717, 1.165) is 12.0 Å². The van der Waals surface area contributed by atoms with Gasteiger partial charge in [-0.2, -0.15) is 0 Å². The fraction of sp³-hybridized carbons (Fsp3) is 1.00. The lowest BCUT2D eigenvalue weighted by atomic mass is 9.54.